The minimum Gasteiger partial charge on any atom is -0.472 e. The minimum absolute atomic E-state index is 0.653. The first-order valence-corrected chi connectivity index (χ1v) is 3.36. The molecule has 0 fully saturated rings. The lowest BCUT2D eigenvalue weighted by Gasteiger charge is -1.92. The first-order valence-electron chi connectivity index (χ1n) is 3.36. The van der Waals surface area contributed by atoms with Crippen LogP contribution in [-0.2, 0) is 4.79 Å². The lowest BCUT2D eigenvalue weighted by molar-refractivity contribution is -0.130. The normalized spacial score (nSPS) is 8.42. The highest BCUT2D eigenvalue weighted by Gasteiger charge is 1.92. The van der Waals surface area contributed by atoms with Crippen LogP contribution < -0.4 is 0 Å². The molecule has 0 aliphatic carbocycles. The molecule has 0 saturated carbocycles. The van der Waals surface area contributed by atoms with Gasteiger partial charge in [-0.1, -0.05) is 5.92 Å². The van der Waals surface area contributed by atoms with E-state index in [4.69, 9.17) is 5.11 Å². The summed E-state index contributed by atoms with van der Waals surface area (Å²) in [7, 11) is 0. The Balaban J connectivity index is 2.99. The van der Waals surface area contributed by atoms with Gasteiger partial charge in [-0.05, 0) is 19.1 Å². The smallest absolute Gasteiger partial charge is 0.382 e. The van der Waals surface area contributed by atoms with Crippen LogP contribution in [0.3, 0.4) is 0 Å². The molecule has 1 rings (SSSR count). The molecule has 3 nitrogen and oxygen atoms in total. The predicted molar refractivity (Wildman–Crippen MR) is 43.5 cm³/mol. The topological polar surface area (TPSA) is 50.2 Å². The lowest BCUT2D eigenvalue weighted by atomic mass is 10.2. The Morgan fingerprint density at radius 1 is 1.67 bits per heavy atom. The van der Waals surface area contributed by atoms with E-state index in [1.807, 2.05) is 5.92 Å². The third kappa shape index (κ3) is 2.10. The van der Waals surface area contributed by atoms with Crippen LogP contribution in [-0.4, -0.2) is 16.1 Å². The lowest BCUT2D eigenvalue weighted by Crippen LogP contribution is -1.89. The Bertz CT molecular complexity index is 360. The fourth-order valence-corrected chi connectivity index (χ4v) is 0.737. The average Bonchev–Trinajstić information content (AvgIpc) is 2.03. The largest absolute Gasteiger partial charge is 0.472 e. The van der Waals surface area contributed by atoms with Crippen molar-refractivity contribution in [1.82, 2.24) is 4.98 Å². The first kappa shape index (κ1) is 8.28. The van der Waals surface area contributed by atoms with Crippen LogP contribution in [0, 0.1) is 18.8 Å². The van der Waals surface area contributed by atoms with Crippen molar-refractivity contribution < 1.29 is 9.90 Å². The maximum Gasteiger partial charge on any atom is 0.382 e. The Hall–Kier alpha value is -1.82. The number of carboxylic acid groups (broad SMARTS) is 1. The van der Waals surface area contributed by atoms with Crippen molar-refractivity contribution in [2.75, 3.05) is 0 Å². The van der Waals surface area contributed by atoms with E-state index in [0.29, 0.717) is 5.56 Å². The molecule has 60 valence electrons. The van der Waals surface area contributed by atoms with Crippen molar-refractivity contribution in [2.24, 2.45) is 0 Å². The van der Waals surface area contributed by atoms with Gasteiger partial charge in [0.2, 0.25) is 0 Å². The summed E-state index contributed by atoms with van der Waals surface area (Å²) < 4.78 is 0. The van der Waals surface area contributed by atoms with E-state index in [1.54, 1.807) is 25.3 Å². The molecule has 0 spiro atoms. The molecular formula is C9H7NO2. The van der Waals surface area contributed by atoms with E-state index in [-0.39, 0.29) is 0 Å². The van der Waals surface area contributed by atoms with Crippen molar-refractivity contribution in [2.45, 2.75) is 6.92 Å². The maximum atomic E-state index is 10.1. The number of aromatic nitrogens is 1. The van der Waals surface area contributed by atoms with Crippen molar-refractivity contribution in [1.29, 1.82) is 0 Å². The van der Waals surface area contributed by atoms with Crippen molar-refractivity contribution in [3.63, 3.8) is 0 Å². The number of nitrogens with zero attached hydrogens (tertiary/aromatic N) is 1. The van der Waals surface area contributed by atoms with Gasteiger partial charge in [0.25, 0.3) is 0 Å². The highest BCUT2D eigenvalue weighted by Crippen LogP contribution is 1.99. The van der Waals surface area contributed by atoms with Gasteiger partial charge in [-0.3, -0.25) is 4.98 Å². The van der Waals surface area contributed by atoms with Crippen LogP contribution >= 0.6 is 0 Å². The van der Waals surface area contributed by atoms with Gasteiger partial charge in [0, 0.05) is 17.7 Å². The van der Waals surface area contributed by atoms with E-state index in [9.17, 15) is 4.79 Å². The van der Waals surface area contributed by atoms with Crippen molar-refractivity contribution >= 4 is 5.97 Å². The quantitative estimate of drug-likeness (QED) is 0.573. The van der Waals surface area contributed by atoms with Gasteiger partial charge >= 0.3 is 5.97 Å². The summed E-state index contributed by atoms with van der Waals surface area (Å²) in [6.07, 6.45) is 1.64. The molecule has 0 radical (unpaired) electrons. The zero-order chi connectivity index (χ0) is 8.97. The number of aliphatic carboxylic acids is 1. The molecule has 0 aromatic carbocycles. The molecule has 3 heteroatoms. The molecule has 1 aromatic heterocycles. The van der Waals surface area contributed by atoms with Gasteiger partial charge in [-0.15, -0.1) is 0 Å². The van der Waals surface area contributed by atoms with Gasteiger partial charge in [0.1, 0.15) is 0 Å². The summed E-state index contributed by atoms with van der Waals surface area (Å²) in [6, 6.07) is 3.46. The Labute approximate surface area is 70.1 Å². The van der Waals surface area contributed by atoms with Crippen molar-refractivity contribution in [3.05, 3.63) is 29.6 Å². The second kappa shape index (κ2) is 3.54. The third-order valence-electron chi connectivity index (χ3n) is 1.31. The number of aryl methyl sites for hydroxylation is 1. The molecule has 0 bridgehead atoms. The summed E-state index contributed by atoms with van der Waals surface area (Å²) in [5.41, 5.74) is 1.39. The minimum atomic E-state index is -1.13. The number of rotatable bonds is 0. The molecule has 12 heavy (non-hydrogen) atoms. The van der Waals surface area contributed by atoms with Crippen LogP contribution in [0.1, 0.15) is 11.3 Å². The molecule has 0 unspecified atom stereocenters. The molecule has 0 aliphatic rings. The summed E-state index contributed by atoms with van der Waals surface area (Å²) >= 11 is 0. The monoisotopic (exact) mass is 161 g/mol. The number of carboxylic acids is 1. The van der Waals surface area contributed by atoms with Gasteiger partial charge in [-0.2, -0.15) is 0 Å². The number of hydrogen-bond acceptors (Lipinski definition) is 2. The summed E-state index contributed by atoms with van der Waals surface area (Å²) in [5, 5.41) is 8.27. The van der Waals surface area contributed by atoms with E-state index < -0.39 is 5.97 Å². The van der Waals surface area contributed by atoms with E-state index in [2.05, 4.69) is 10.9 Å². The molecular weight excluding hydrogens is 154 g/mol. The zero-order valence-electron chi connectivity index (χ0n) is 6.53. The second-order valence-electron chi connectivity index (χ2n) is 2.19. The molecule has 0 amide bonds. The number of hydrogen-bond donors (Lipinski definition) is 1. The number of carbonyl (C=O) groups is 1. The van der Waals surface area contributed by atoms with Gasteiger partial charge in [0.15, 0.2) is 0 Å². The Kier molecular flexibility index (Phi) is 2.44. The molecule has 1 aromatic rings. The molecule has 0 aliphatic heterocycles. The molecule has 1 N–H and O–H groups in total. The van der Waals surface area contributed by atoms with Gasteiger partial charge < -0.3 is 5.11 Å². The second-order valence-corrected chi connectivity index (χ2v) is 2.19. The van der Waals surface area contributed by atoms with Crippen LogP contribution in [0.5, 0.6) is 0 Å². The Morgan fingerprint density at radius 3 is 3.00 bits per heavy atom. The average molecular weight is 161 g/mol. The van der Waals surface area contributed by atoms with Gasteiger partial charge in [-0.25, -0.2) is 4.79 Å². The summed E-state index contributed by atoms with van der Waals surface area (Å²) in [4.78, 5) is 14.1. The van der Waals surface area contributed by atoms with Gasteiger partial charge in [0.05, 0.1) is 5.69 Å². The Morgan fingerprint density at radius 2 is 2.42 bits per heavy atom. The SMILES string of the molecule is Cc1ncccc1C#CC(=O)O. The van der Waals surface area contributed by atoms with E-state index >= 15 is 0 Å². The van der Waals surface area contributed by atoms with Crippen LogP contribution in [0.25, 0.3) is 0 Å². The van der Waals surface area contributed by atoms with E-state index in [1.165, 1.54) is 0 Å². The predicted octanol–water partition coefficient (Wildman–Crippen LogP) is 0.826. The van der Waals surface area contributed by atoms with E-state index in [0.717, 1.165) is 5.69 Å². The fourth-order valence-electron chi connectivity index (χ4n) is 0.737. The summed E-state index contributed by atoms with van der Waals surface area (Å²) in [5.74, 6) is 3.40. The summed E-state index contributed by atoms with van der Waals surface area (Å²) in [6.45, 7) is 1.78. The van der Waals surface area contributed by atoms with Crippen LogP contribution in [0.15, 0.2) is 18.3 Å². The fraction of sp³-hybridized carbons (Fsp3) is 0.111. The standard InChI is InChI=1S/C9H7NO2/c1-7-8(3-2-6-10-7)4-5-9(11)12/h2-3,6H,1H3,(H,11,12). The highest BCUT2D eigenvalue weighted by atomic mass is 16.4. The zero-order valence-corrected chi connectivity index (χ0v) is 6.53. The highest BCUT2D eigenvalue weighted by molar-refractivity contribution is 5.87. The third-order valence-corrected chi connectivity index (χ3v) is 1.31. The maximum absolute atomic E-state index is 10.1. The molecule has 1 heterocycles. The molecule has 0 atom stereocenters. The van der Waals surface area contributed by atoms with Crippen LogP contribution in [0.4, 0.5) is 0 Å². The number of pyridine rings is 1. The van der Waals surface area contributed by atoms with Crippen LogP contribution in [0.2, 0.25) is 0 Å². The first-order chi connectivity index (χ1) is 5.70. The molecule has 0 saturated heterocycles. The van der Waals surface area contributed by atoms with Crippen molar-refractivity contribution in [3.8, 4) is 11.8 Å².